The normalized spacial score (nSPS) is 28.0. The zero-order chi connectivity index (χ0) is 22.5. The number of nitrogens with one attached hydrogen (secondary N) is 1. The Hall–Kier alpha value is -2.51. The predicted octanol–water partition coefficient (Wildman–Crippen LogP) is 5.72. The van der Waals surface area contributed by atoms with E-state index in [9.17, 15) is 0 Å². The van der Waals surface area contributed by atoms with Crippen molar-refractivity contribution in [2.75, 3.05) is 12.4 Å². The summed E-state index contributed by atoms with van der Waals surface area (Å²) in [5, 5.41) is 6.60. The molecular weight excluding hydrogens is 425 g/mol. The molecule has 1 N–H and O–H groups in total. The van der Waals surface area contributed by atoms with Gasteiger partial charge in [0.2, 0.25) is 0 Å². The lowest BCUT2D eigenvalue weighted by Gasteiger charge is -2.57. The molecule has 7 rings (SSSR count). The highest BCUT2D eigenvalue weighted by molar-refractivity contribution is 7.85. The Labute approximate surface area is 196 Å². The second kappa shape index (κ2) is 8.06. The fourth-order valence-electron chi connectivity index (χ4n) is 7.31. The number of hydrogen-bond acceptors (Lipinski definition) is 3. The molecule has 33 heavy (non-hydrogen) atoms. The van der Waals surface area contributed by atoms with Gasteiger partial charge in [-0.2, -0.15) is 0 Å². The van der Waals surface area contributed by atoms with Crippen LogP contribution in [0.4, 0.5) is 5.69 Å². The average molecular weight is 458 g/mol. The topological polar surface area (TPSA) is 38.3 Å². The fourth-order valence-corrected chi connectivity index (χ4v) is 10.1. The van der Waals surface area contributed by atoms with Crippen molar-refractivity contribution in [2.24, 2.45) is 17.8 Å². The van der Waals surface area contributed by atoms with Crippen molar-refractivity contribution in [1.82, 2.24) is 0 Å². The maximum Gasteiger partial charge on any atom is 0.173 e. The van der Waals surface area contributed by atoms with Crippen LogP contribution < -0.4 is 26.0 Å². The summed E-state index contributed by atoms with van der Waals surface area (Å²) in [5.74, 6) is 3.28. The lowest BCUT2D eigenvalue weighted by atomic mass is 9.53. The third-order valence-corrected chi connectivity index (χ3v) is 11.3. The molecule has 0 aliphatic heterocycles. The SMILES string of the molecule is COc1cccc(P(=O)(c2ccccc2)c2ccccc2)c1NC12CC3CC(CC(C3)C1)C2. The molecule has 0 aromatic heterocycles. The van der Waals surface area contributed by atoms with E-state index in [1.165, 1.54) is 38.5 Å². The predicted molar refractivity (Wildman–Crippen MR) is 137 cm³/mol. The monoisotopic (exact) mass is 457 g/mol. The Balaban J connectivity index is 1.52. The molecule has 0 saturated heterocycles. The Bertz CT molecular complexity index is 1110. The van der Waals surface area contributed by atoms with Gasteiger partial charge in [0.15, 0.2) is 7.14 Å². The standard InChI is InChI=1S/C29H32NO2P/c1-32-26-13-8-14-27(28(26)30-29-18-21-15-22(19-29)17-23(16-21)20-29)33(31,24-9-4-2-5-10-24)25-11-6-3-7-12-25/h2-14,21-23,30H,15-20H2,1H3. The fraction of sp³-hybridized carbons (Fsp3) is 0.379. The molecule has 0 heterocycles. The van der Waals surface area contributed by atoms with Crippen LogP contribution in [0, 0.1) is 17.8 Å². The third kappa shape index (κ3) is 3.53. The van der Waals surface area contributed by atoms with Gasteiger partial charge >= 0.3 is 0 Å². The minimum absolute atomic E-state index is 0.0936. The summed E-state index contributed by atoms with van der Waals surface area (Å²) in [6.45, 7) is 0. The van der Waals surface area contributed by atoms with Gasteiger partial charge in [-0.25, -0.2) is 0 Å². The molecule has 4 aliphatic rings. The van der Waals surface area contributed by atoms with Crippen molar-refractivity contribution in [3.8, 4) is 5.75 Å². The van der Waals surface area contributed by atoms with Gasteiger partial charge in [0.1, 0.15) is 5.75 Å². The first-order valence-corrected chi connectivity index (χ1v) is 14.0. The van der Waals surface area contributed by atoms with Gasteiger partial charge in [0.25, 0.3) is 0 Å². The van der Waals surface area contributed by atoms with E-state index in [0.717, 1.165) is 45.1 Å². The van der Waals surface area contributed by atoms with E-state index in [4.69, 9.17) is 4.74 Å². The Morgan fingerprint density at radius 2 is 1.27 bits per heavy atom. The van der Waals surface area contributed by atoms with Crippen molar-refractivity contribution >= 4 is 28.7 Å². The van der Waals surface area contributed by atoms with Crippen molar-refractivity contribution in [2.45, 2.75) is 44.1 Å². The van der Waals surface area contributed by atoms with E-state index in [-0.39, 0.29) is 5.54 Å². The molecule has 170 valence electrons. The van der Waals surface area contributed by atoms with Gasteiger partial charge < -0.3 is 14.6 Å². The number of anilines is 1. The van der Waals surface area contributed by atoms with Gasteiger partial charge in [-0.1, -0.05) is 66.7 Å². The van der Waals surface area contributed by atoms with Crippen LogP contribution in [-0.4, -0.2) is 12.6 Å². The van der Waals surface area contributed by atoms with Crippen LogP contribution in [0.3, 0.4) is 0 Å². The summed E-state index contributed by atoms with van der Waals surface area (Å²) in [6, 6.07) is 25.9. The van der Waals surface area contributed by atoms with E-state index >= 15 is 4.57 Å². The number of hydrogen-bond donors (Lipinski definition) is 1. The summed E-state index contributed by atoms with van der Waals surface area (Å²) in [5.41, 5.74) is 1.02. The minimum atomic E-state index is -3.11. The van der Waals surface area contributed by atoms with Gasteiger partial charge in [0, 0.05) is 21.5 Å². The molecule has 4 saturated carbocycles. The molecule has 0 unspecified atom stereocenters. The molecular formula is C29H32NO2P. The van der Waals surface area contributed by atoms with Crippen molar-refractivity contribution in [1.29, 1.82) is 0 Å². The third-order valence-electron chi connectivity index (χ3n) is 8.23. The Kier molecular flexibility index (Phi) is 5.14. The average Bonchev–Trinajstić information content (AvgIpc) is 2.84. The number of rotatable bonds is 6. The van der Waals surface area contributed by atoms with Crippen molar-refractivity contribution in [3.63, 3.8) is 0 Å². The molecule has 4 aliphatic carbocycles. The van der Waals surface area contributed by atoms with Crippen LogP contribution in [0.2, 0.25) is 0 Å². The van der Waals surface area contributed by atoms with Crippen LogP contribution in [0.15, 0.2) is 78.9 Å². The van der Waals surface area contributed by atoms with E-state index in [1.54, 1.807) is 7.11 Å². The first-order chi connectivity index (χ1) is 16.1. The van der Waals surface area contributed by atoms with Crippen molar-refractivity contribution < 1.29 is 9.30 Å². The summed E-state index contributed by atoms with van der Waals surface area (Å²) >= 11 is 0. The molecule has 4 bridgehead atoms. The van der Waals surface area contributed by atoms with Gasteiger partial charge in [0.05, 0.1) is 12.8 Å². The van der Waals surface area contributed by atoms with Crippen LogP contribution >= 0.6 is 7.14 Å². The number of methoxy groups -OCH3 is 1. The molecule has 3 aromatic rings. The highest BCUT2D eigenvalue weighted by Gasteiger charge is 2.51. The number of para-hydroxylation sites is 1. The second-order valence-corrected chi connectivity index (χ2v) is 13.2. The first kappa shape index (κ1) is 21.1. The van der Waals surface area contributed by atoms with Gasteiger partial charge in [-0.3, -0.25) is 0 Å². The lowest BCUT2D eigenvalue weighted by Crippen LogP contribution is -2.55. The summed E-state index contributed by atoms with van der Waals surface area (Å²) < 4.78 is 21.1. The lowest BCUT2D eigenvalue weighted by molar-refractivity contribution is 0.0106. The summed E-state index contributed by atoms with van der Waals surface area (Å²) in [4.78, 5) is 0. The zero-order valence-corrected chi connectivity index (χ0v) is 20.1. The van der Waals surface area contributed by atoms with E-state index in [2.05, 4.69) is 5.32 Å². The number of benzene rings is 3. The molecule has 3 nitrogen and oxygen atoms in total. The zero-order valence-electron chi connectivity index (χ0n) is 19.2. The van der Waals surface area contributed by atoms with Crippen LogP contribution in [0.5, 0.6) is 5.75 Å². The maximum atomic E-state index is 15.2. The van der Waals surface area contributed by atoms with E-state index in [1.807, 2.05) is 78.9 Å². The molecule has 0 amide bonds. The minimum Gasteiger partial charge on any atom is -0.495 e. The van der Waals surface area contributed by atoms with Crippen LogP contribution in [-0.2, 0) is 4.57 Å². The van der Waals surface area contributed by atoms with Gasteiger partial charge in [-0.15, -0.1) is 0 Å². The summed E-state index contributed by atoms with van der Waals surface area (Å²) in [7, 11) is -1.38. The molecule has 4 fully saturated rings. The highest BCUT2D eigenvalue weighted by atomic mass is 31.2. The molecule has 0 atom stereocenters. The Morgan fingerprint density at radius 1 is 0.758 bits per heavy atom. The van der Waals surface area contributed by atoms with Crippen molar-refractivity contribution in [3.05, 3.63) is 78.9 Å². The van der Waals surface area contributed by atoms with Crippen LogP contribution in [0.1, 0.15) is 38.5 Å². The van der Waals surface area contributed by atoms with Gasteiger partial charge in [-0.05, 0) is 68.4 Å². The highest BCUT2D eigenvalue weighted by Crippen LogP contribution is 2.57. The van der Waals surface area contributed by atoms with E-state index in [0.29, 0.717) is 0 Å². The van der Waals surface area contributed by atoms with E-state index < -0.39 is 7.14 Å². The maximum absolute atomic E-state index is 15.2. The molecule has 0 spiro atoms. The molecule has 0 radical (unpaired) electrons. The molecule has 4 heteroatoms. The number of ether oxygens (including phenoxy) is 1. The Morgan fingerprint density at radius 3 is 1.76 bits per heavy atom. The quantitative estimate of drug-likeness (QED) is 0.482. The molecule has 3 aromatic carbocycles. The first-order valence-electron chi connectivity index (χ1n) is 12.3. The smallest absolute Gasteiger partial charge is 0.173 e. The second-order valence-electron chi connectivity index (χ2n) is 10.5. The summed E-state index contributed by atoms with van der Waals surface area (Å²) in [6.07, 6.45) is 7.84. The van der Waals surface area contributed by atoms with Crippen LogP contribution in [0.25, 0.3) is 0 Å². The largest absolute Gasteiger partial charge is 0.495 e.